The van der Waals surface area contributed by atoms with Gasteiger partial charge in [-0.1, -0.05) is 178 Å². The van der Waals surface area contributed by atoms with Gasteiger partial charge >= 0.3 is 0 Å². The fourth-order valence-corrected chi connectivity index (χ4v) is 10.4. The maximum atomic E-state index is 6.76. The predicted molar refractivity (Wildman–Crippen MR) is 256 cm³/mol. The average molecular weight is 792 g/mol. The molecule has 13 rings (SSSR count). The van der Waals surface area contributed by atoms with E-state index in [0.29, 0.717) is 17.5 Å². The lowest BCUT2D eigenvalue weighted by molar-refractivity contribution is 0.647. The zero-order valence-corrected chi connectivity index (χ0v) is 34.1. The Bertz CT molecular complexity index is 3840. The van der Waals surface area contributed by atoms with E-state index in [-0.39, 0.29) is 5.41 Å². The van der Waals surface area contributed by atoms with Crippen molar-refractivity contribution in [1.82, 2.24) is 15.0 Å². The van der Waals surface area contributed by atoms with Gasteiger partial charge in [0.25, 0.3) is 0 Å². The van der Waals surface area contributed by atoms with E-state index in [0.717, 1.165) is 65.9 Å². The Labute approximate surface area is 357 Å². The van der Waals surface area contributed by atoms with Gasteiger partial charge < -0.3 is 4.42 Å². The molecular weight excluding hydrogens is 755 g/mol. The third-order valence-electron chi connectivity index (χ3n) is 13.3. The maximum Gasteiger partial charge on any atom is 0.164 e. The summed E-state index contributed by atoms with van der Waals surface area (Å²) in [6, 6.07) is 67.0. The first-order chi connectivity index (χ1) is 30.5. The molecule has 4 heteroatoms. The van der Waals surface area contributed by atoms with Gasteiger partial charge in [-0.05, 0) is 95.3 Å². The first-order valence-electron chi connectivity index (χ1n) is 21.3. The van der Waals surface area contributed by atoms with Crippen molar-refractivity contribution in [1.29, 1.82) is 0 Å². The van der Waals surface area contributed by atoms with E-state index in [4.69, 9.17) is 19.4 Å². The normalized spacial score (nSPS) is 13.1. The topological polar surface area (TPSA) is 51.8 Å². The SMILES string of the molecule is CC1(C)c2ccccc2-c2cc3c(cc21)oc1cccc(-c2nc(-c4ccccc4-c4ccccc4)nc(-c4cc5ccccc5c5c6ccccc6c6ccccc6c45)n2)c13. The van der Waals surface area contributed by atoms with Crippen LogP contribution >= 0.6 is 0 Å². The average Bonchev–Trinajstić information content (AvgIpc) is 3.81. The van der Waals surface area contributed by atoms with Crippen LogP contribution in [-0.2, 0) is 5.41 Å². The summed E-state index contributed by atoms with van der Waals surface area (Å²) in [5, 5.41) is 11.5. The van der Waals surface area contributed by atoms with Gasteiger partial charge in [0.2, 0.25) is 0 Å². The molecule has 0 aliphatic heterocycles. The van der Waals surface area contributed by atoms with Gasteiger partial charge in [0.1, 0.15) is 11.2 Å². The summed E-state index contributed by atoms with van der Waals surface area (Å²) in [5.41, 5.74) is 11.6. The third kappa shape index (κ3) is 4.98. The van der Waals surface area contributed by atoms with E-state index in [1.807, 2.05) is 0 Å². The molecule has 0 N–H and O–H groups in total. The second kappa shape index (κ2) is 13.0. The molecule has 0 amide bonds. The summed E-state index contributed by atoms with van der Waals surface area (Å²) in [4.78, 5) is 16.5. The predicted octanol–water partition coefficient (Wildman–Crippen LogP) is 15.4. The van der Waals surface area contributed by atoms with E-state index in [9.17, 15) is 0 Å². The number of aromatic nitrogens is 3. The molecule has 62 heavy (non-hydrogen) atoms. The number of benzene rings is 10. The summed E-state index contributed by atoms with van der Waals surface area (Å²) in [6.07, 6.45) is 0. The van der Waals surface area contributed by atoms with Crippen molar-refractivity contribution < 1.29 is 4.42 Å². The molecule has 10 aromatic carbocycles. The lowest BCUT2D eigenvalue weighted by Crippen LogP contribution is -2.14. The van der Waals surface area contributed by atoms with Crippen molar-refractivity contribution in [2.24, 2.45) is 0 Å². The Balaban J connectivity index is 1.15. The zero-order chi connectivity index (χ0) is 41.1. The van der Waals surface area contributed by atoms with Gasteiger partial charge in [-0.25, -0.2) is 15.0 Å². The summed E-state index contributed by atoms with van der Waals surface area (Å²) < 4.78 is 6.76. The second-order valence-electron chi connectivity index (χ2n) is 17.0. The van der Waals surface area contributed by atoms with Crippen molar-refractivity contribution in [3.05, 3.63) is 199 Å². The van der Waals surface area contributed by atoms with E-state index >= 15 is 0 Å². The van der Waals surface area contributed by atoms with Crippen LogP contribution in [0.4, 0.5) is 0 Å². The highest BCUT2D eigenvalue weighted by molar-refractivity contribution is 6.34. The van der Waals surface area contributed by atoms with Crippen LogP contribution < -0.4 is 0 Å². The van der Waals surface area contributed by atoms with Crippen molar-refractivity contribution in [3.8, 4) is 56.4 Å². The first kappa shape index (κ1) is 34.9. The number of hydrogen-bond donors (Lipinski definition) is 0. The van der Waals surface area contributed by atoms with Gasteiger partial charge in [-0.3, -0.25) is 0 Å². The van der Waals surface area contributed by atoms with E-state index in [2.05, 4.69) is 202 Å². The van der Waals surface area contributed by atoms with Crippen LogP contribution in [-0.4, -0.2) is 15.0 Å². The van der Waals surface area contributed by atoms with E-state index in [1.165, 1.54) is 49.2 Å². The molecule has 0 bridgehead atoms. The molecule has 0 spiro atoms. The summed E-state index contributed by atoms with van der Waals surface area (Å²) in [6.45, 7) is 4.61. The van der Waals surface area contributed by atoms with Crippen LogP contribution in [0.1, 0.15) is 25.0 Å². The fourth-order valence-electron chi connectivity index (χ4n) is 10.4. The molecule has 0 unspecified atom stereocenters. The van der Waals surface area contributed by atoms with E-state index in [1.54, 1.807) is 0 Å². The Morgan fingerprint density at radius 1 is 0.339 bits per heavy atom. The largest absolute Gasteiger partial charge is 0.456 e. The fraction of sp³-hybridized carbons (Fsp3) is 0.0517. The van der Waals surface area contributed by atoms with Crippen LogP contribution in [0.3, 0.4) is 0 Å². The molecule has 0 fully saturated rings. The smallest absolute Gasteiger partial charge is 0.164 e. The molecule has 2 aromatic heterocycles. The van der Waals surface area contributed by atoms with Crippen LogP contribution in [0.25, 0.3) is 121 Å². The Morgan fingerprint density at radius 3 is 1.66 bits per heavy atom. The van der Waals surface area contributed by atoms with Crippen molar-refractivity contribution in [2.75, 3.05) is 0 Å². The minimum Gasteiger partial charge on any atom is -0.456 e. The second-order valence-corrected chi connectivity index (χ2v) is 17.0. The molecule has 290 valence electrons. The molecule has 0 atom stereocenters. The Kier molecular flexibility index (Phi) is 7.32. The van der Waals surface area contributed by atoms with Crippen molar-refractivity contribution in [2.45, 2.75) is 19.3 Å². The first-order valence-corrected chi connectivity index (χ1v) is 21.3. The van der Waals surface area contributed by atoms with Crippen molar-refractivity contribution in [3.63, 3.8) is 0 Å². The van der Waals surface area contributed by atoms with E-state index < -0.39 is 0 Å². The molecule has 0 saturated carbocycles. The summed E-state index contributed by atoms with van der Waals surface area (Å²) in [5.74, 6) is 1.82. The summed E-state index contributed by atoms with van der Waals surface area (Å²) >= 11 is 0. The molecule has 2 heterocycles. The van der Waals surface area contributed by atoms with Crippen LogP contribution in [0.15, 0.2) is 192 Å². The molecule has 12 aromatic rings. The summed E-state index contributed by atoms with van der Waals surface area (Å²) in [7, 11) is 0. The van der Waals surface area contributed by atoms with Gasteiger partial charge in [0.05, 0.1) is 0 Å². The number of nitrogens with zero attached hydrogens (tertiary/aromatic N) is 3. The Morgan fingerprint density at radius 2 is 0.903 bits per heavy atom. The molecule has 1 aliphatic carbocycles. The van der Waals surface area contributed by atoms with Gasteiger partial charge in [-0.2, -0.15) is 0 Å². The van der Waals surface area contributed by atoms with Gasteiger partial charge in [0.15, 0.2) is 17.5 Å². The monoisotopic (exact) mass is 791 g/mol. The molecule has 0 radical (unpaired) electrons. The maximum absolute atomic E-state index is 6.76. The Hall–Kier alpha value is -7.95. The number of rotatable bonds is 4. The highest BCUT2D eigenvalue weighted by atomic mass is 16.3. The highest BCUT2D eigenvalue weighted by Gasteiger charge is 2.36. The third-order valence-corrected chi connectivity index (χ3v) is 13.3. The minimum absolute atomic E-state index is 0.149. The van der Waals surface area contributed by atoms with Gasteiger partial charge in [-0.15, -0.1) is 0 Å². The van der Waals surface area contributed by atoms with Gasteiger partial charge in [0, 0.05) is 38.3 Å². The van der Waals surface area contributed by atoms with Crippen LogP contribution in [0, 0.1) is 0 Å². The minimum atomic E-state index is -0.149. The number of hydrogen-bond acceptors (Lipinski definition) is 4. The standard InChI is InChI=1S/C58H37N3O/c1-58(2)48-29-15-14-24-40(48)45-32-46-51(33-49(45)58)62-50-30-16-28-44(52(46)50)56-59-55(43-27-13-8-20-36(43)34-17-4-3-5-18-34)60-57(61-56)47-31-35-19-6-7-21-37(35)53-41-25-11-9-22-38(41)39-23-10-12-26-42(39)54(47)53/h3-33H,1-2H3. The molecule has 0 saturated heterocycles. The zero-order valence-electron chi connectivity index (χ0n) is 34.1. The highest BCUT2D eigenvalue weighted by Crippen LogP contribution is 2.51. The molecule has 1 aliphatic rings. The number of fused-ring (bicyclic) bond motifs is 14. The lowest BCUT2D eigenvalue weighted by Gasteiger charge is -2.21. The van der Waals surface area contributed by atoms with Crippen LogP contribution in [0.5, 0.6) is 0 Å². The quantitative estimate of drug-likeness (QED) is 0.167. The number of furan rings is 1. The molecular formula is C58H37N3O. The lowest BCUT2D eigenvalue weighted by atomic mass is 9.82. The molecule has 4 nitrogen and oxygen atoms in total. The van der Waals surface area contributed by atoms with Crippen molar-refractivity contribution >= 4 is 65.0 Å². The van der Waals surface area contributed by atoms with Crippen LogP contribution in [0.2, 0.25) is 0 Å².